The average molecular weight is 568 g/mol. The molecule has 1 aliphatic heterocycles. The van der Waals surface area contributed by atoms with Gasteiger partial charge in [0.15, 0.2) is 0 Å². The van der Waals surface area contributed by atoms with Crippen LogP contribution in [0.4, 0.5) is 10.1 Å². The van der Waals surface area contributed by atoms with Crippen LogP contribution < -0.4 is 5.32 Å². The molecule has 1 heterocycles. The molecule has 1 N–H and O–H groups in total. The number of rotatable bonds is 11. The molecule has 1 aliphatic rings. The van der Waals surface area contributed by atoms with Crippen molar-refractivity contribution in [3.05, 3.63) is 98.1 Å². The Kier molecular flexibility index (Phi) is 10.0. The van der Waals surface area contributed by atoms with Gasteiger partial charge in [0.05, 0.1) is 34.7 Å². The molecule has 41 heavy (non-hydrogen) atoms. The van der Waals surface area contributed by atoms with Gasteiger partial charge in [-0.2, -0.15) is 4.39 Å². The minimum absolute atomic E-state index is 0.0147. The predicted molar refractivity (Wildman–Crippen MR) is 153 cm³/mol. The number of benzene rings is 2. The third-order valence-electron chi connectivity index (χ3n) is 6.65. The molecule has 0 fully saturated rings. The summed E-state index contributed by atoms with van der Waals surface area (Å²) in [6.45, 7) is 11.9. The number of nitro groups is 1. The van der Waals surface area contributed by atoms with E-state index in [1.54, 1.807) is 27.7 Å². The van der Waals surface area contributed by atoms with E-state index in [-0.39, 0.29) is 23.3 Å². The van der Waals surface area contributed by atoms with Crippen LogP contribution in [0.15, 0.2) is 71.1 Å². The molecular weight excluding hydrogens is 529 g/mol. The fraction of sp³-hybridized carbons (Fsp3) is 0.419. The third kappa shape index (κ3) is 7.79. The Hall–Kier alpha value is -4.05. The summed E-state index contributed by atoms with van der Waals surface area (Å²) in [7, 11) is 1.98. The van der Waals surface area contributed by atoms with Crippen molar-refractivity contribution in [3.63, 3.8) is 0 Å². The summed E-state index contributed by atoms with van der Waals surface area (Å²) < 4.78 is 26.8. The minimum Gasteiger partial charge on any atom is -0.462 e. The van der Waals surface area contributed by atoms with Gasteiger partial charge in [0.2, 0.25) is 5.82 Å². The number of halogens is 1. The number of ether oxygens (including phenoxy) is 2. The number of allylic oxidation sites excluding steroid dienone is 2. The second-order valence-corrected chi connectivity index (χ2v) is 11.4. The van der Waals surface area contributed by atoms with Crippen molar-refractivity contribution < 1.29 is 28.4 Å². The number of esters is 2. The molecule has 3 rings (SSSR count). The lowest BCUT2D eigenvalue weighted by Crippen LogP contribution is -2.37. The lowest BCUT2D eigenvalue weighted by Gasteiger charge is -2.33. The van der Waals surface area contributed by atoms with E-state index in [0.29, 0.717) is 24.5 Å². The molecule has 1 atom stereocenters. The summed E-state index contributed by atoms with van der Waals surface area (Å²) in [5.41, 5.74) is 0.421. The Labute approximate surface area is 240 Å². The van der Waals surface area contributed by atoms with Gasteiger partial charge in [-0.1, -0.05) is 56.3 Å². The average Bonchev–Trinajstić information content (AvgIpc) is 2.86. The summed E-state index contributed by atoms with van der Waals surface area (Å²) in [6, 6.07) is 13.7. The van der Waals surface area contributed by atoms with Crippen LogP contribution in [-0.2, 0) is 25.6 Å². The van der Waals surface area contributed by atoms with E-state index in [4.69, 9.17) is 9.47 Å². The van der Waals surface area contributed by atoms with Crippen molar-refractivity contribution in [1.82, 2.24) is 10.2 Å². The highest BCUT2D eigenvalue weighted by Gasteiger charge is 2.41. The molecule has 9 nitrogen and oxygen atoms in total. The second-order valence-electron chi connectivity index (χ2n) is 11.4. The van der Waals surface area contributed by atoms with Gasteiger partial charge in [-0.25, -0.2) is 9.59 Å². The van der Waals surface area contributed by atoms with Crippen molar-refractivity contribution in [2.45, 2.75) is 60.1 Å². The van der Waals surface area contributed by atoms with Gasteiger partial charge in [0.25, 0.3) is 0 Å². The van der Waals surface area contributed by atoms with Crippen LogP contribution in [-0.4, -0.2) is 48.1 Å². The zero-order chi connectivity index (χ0) is 30.5. The lowest BCUT2D eigenvalue weighted by molar-refractivity contribution is -0.387. The lowest BCUT2D eigenvalue weighted by atomic mass is 9.80. The highest BCUT2D eigenvalue weighted by atomic mass is 19.1. The number of hydrogen-bond acceptors (Lipinski definition) is 8. The highest BCUT2D eigenvalue weighted by molar-refractivity contribution is 6.00. The van der Waals surface area contributed by atoms with Crippen molar-refractivity contribution >= 4 is 17.6 Å². The molecule has 2 aromatic rings. The second kappa shape index (κ2) is 13.1. The first-order chi connectivity index (χ1) is 19.2. The van der Waals surface area contributed by atoms with Crippen LogP contribution in [0, 0.1) is 21.3 Å². The first-order valence-corrected chi connectivity index (χ1v) is 13.4. The first-order valence-electron chi connectivity index (χ1n) is 13.4. The fourth-order valence-electron chi connectivity index (χ4n) is 5.09. The van der Waals surface area contributed by atoms with E-state index in [1.807, 2.05) is 51.2 Å². The van der Waals surface area contributed by atoms with Crippen molar-refractivity contribution in [1.29, 1.82) is 0 Å². The van der Waals surface area contributed by atoms with Crippen molar-refractivity contribution in [3.8, 4) is 0 Å². The van der Waals surface area contributed by atoms with E-state index >= 15 is 4.39 Å². The summed E-state index contributed by atoms with van der Waals surface area (Å²) in [5, 5.41) is 14.5. The van der Waals surface area contributed by atoms with E-state index in [2.05, 4.69) is 10.2 Å². The smallest absolute Gasteiger partial charge is 0.337 e. The van der Waals surface area contributed by atoms with E-state index < -0.39 is 45.8 Å². The number of nitro benzene ring substituents is 1. The van der Waals surface area contributed by atoms with Crippen LogP contribution in [0.3, 0.4) is 0 Å². The molecule has 0 aliphatic carbocycles. The SMILES string of the molecule is CC1=C(C(=O)OCC(C)(C)CN(C)Cc2ccccc2)C(c2cccc([N+](=O)[O-])c2F)C(C(=O)OC(C)C)=C(C)N1. The number of nitrogens with one attached hydrogen (secondary N) is 1. The molecule has 0 saturated heterocycles. The van der Waals surface area contributed by atoms with Gasteiger partial charge in [0.1, 0.15) is 0 Å². The number of dihydropyridines is 1. The van der Waals surface area contributed by atoms with E-state index in [0.717, 1.165) is 11.6 Å². The number of carbonyl (C=O) groups is 2. The maximum Gasteiger partial charge on any atom is 0.337 e. The molecule has 0 radical (unpaired) electrons. The Bertz CT molecular complexity index is 1370. The highest BCUT2D eigenvalue weighted by Crippen LogP contribution is 2.42. The van der Waals surface area contributed by atoms with Crippen LogP contribution in [0.5, 0.6) is 0 Å². The molecule has 10 heteroatoms. The van der Waals surface area contributed by atoms with Crippen LogP contribution >= 0.6 is 0 Å². The maximum absolute atomic E-state index is 15.6. The van der Waals surface area contributed by atoms with E-state index in [9.17, 15) is 19.7 Å². The first kappa shape index (κ1) is 31.5. The monoisotopic (exact) mass is 567 g/mol. The van der Waals surface area contributed by atoms with Gasteiger partial charge >= 0.3 is 17.6 Å². The topological polar surface area (TPSA) is 111 Å². The number of carbonyl (C=O) groups excluding carboxylic acids is 2. The van der Waals surface area contributed by atoms with Crippen LogP contribution in [0.2, 0.25) is 0 Å². The molecule has 0 bridgehead atoms. The summed E-state index contributed by atoms with van der Waals surface area (Å²) >= 11 is 0. The van der Waals surface area contributed by atoms with Crippen molar-refractivity contribution in [2.75, 3.05) is 20.2 Å². The van der Waals surface area contributed by atoms with Crippen LogP contribution in [0.25, 0.3) is 0 Å². The molecule has 0 saturated carbocycles. The Morgan fingerprint density at radius 1 is 1.05 bits per heavy atom. The quantitative estimate of drug-likeness (QED) is 0.212. The van der Waals surface area contributed by atoms with Gasteiger partial charge in [-0.15, -0.1) is 0 Å². The molecule has 0 aromatic heterocycles. The zero-order valence-electron chi connectivity index (χ0n) is 24.6. The summed E-state index contributed by atoms with van der Waals surface area (Å²) in [5.74, 6) is -3.93. The predicted octanol–water partition coefficient (Wildman–Crippen LogP) is 5.62. The number of nitrogens with zero attached hydrogens (tertiary/aromatic N) is 2. The Morgan fingerprint density at radius 3 is 2.24 bits per heavy atom. The molecular formula is C31H38FN3O6. The van der Waals surface area contributed by atoms with Crippen LogP contribution in [0.1, 0.15) is 58.6 Å². The Morgan fingerprint density at radius 2 is 1.66 bits per heavy atom. The normalized spacial score (nSPS) is 15.7. The van der Waals surface area contributed by atoms with Gasteiger partial charge < -0.3 is 19.7 Å². The van der Waals surface area contributed by atoms with Gasteiger partial charge in [-0.05, 0) is 40.3 Å². The molecule has 220 valence electrons. The Balaban J connectivity index is 1.93. The summed E-state index contributed by atoms with van der Waals surface area (Å²) in [6.07, 6.45) is -0.491. The maximum atomic E-state index is 15.6. The standard InChI is InChI=1S/C31H38FN3O6/c1-19(2)41-30(37)26-21(4)33-20(3)25(27(26)23-14-11-15-24(28(23)32)35(38)39)29(36)40-18-31(5,6)17-34(7)16-22-12-9-8-10-13-22/h8-15,19,27,33H,16-18H2,1-7H3. The zero-order valence-corrected chi connectivity index (χ0v) is 24.6. The number of hydrogen-bond donors (Lipinski definition) is 1. The van der Waals surface area contributed by atoms with Gasteiger partial charge in [0, 0.05) is 41.5 Å². The largest absolute Gasteiger partial charge is 0.462 e. The fourth-order valence-corrected chi connectivity index (χ4v) is 5.09. The van der Waals surface area contributed by atoms with E-state index in [1.165, 1.54) is 12.1 Å². The minimum atomic E-state index is -1.28. The van der Waals surface area contributed by atoms with Gasteiger partial charge in [-0.3, -0.25) is 10.1 Å². The molecule has 2 aromatic carbocycles. The third-order valence-corrected chi connectivity index (χ3v) is 6.65. The molecule has 0 amide bonds. The summed E-state index contributed by atoms with van der Waals surface area (Å²) in [4.78, 5) is 39.7. The molecule has 1 unspecified atom stereocenters. The van der Waals surface area contributed by atoms with Crippen molar-refractivity contribution in [2.24, 2.45) is 5.41 Å². The molecule has 0 spiro atoms.